The monoisotopic (exact) mass is 463 g/mol. The van der Waals surface area contributed by atoms with E-state index in [2.05, 4.69) is 27.0 Å². The first-order chi connectivity index (χ1) is 16.6. The van der Waals surface area contributed by atoms with Crippen molar-refractivity contribution < 1.29 is 19.0 Å². The lowest BCUT2D eigenvalue weighted by Crippen LogP contribution is -2.31. The second kappa shape index (κ2) is 9.64. The number of fused-ring (bicyclic) bond motifs is 1. The number of likely N-dealkylation sites (tertiary alicyclic amines) is 1. The molecule has 1 aliphatic rings. The van der Waals surface area contributed by atoms with Crippen LogP contribution in [0.5, 0.6) is 17.6 Å². The summed E-state index contributed by atoms with van der Waals surface area (Å²) >= 11 is 0. The lowest BCUT2D eigenvalue weighted by Gasteiger charge is -2.18. The molecule has 0 amide bonds. The topological polar surface area (TPSA) is 85.0 Å². The Bertz CT molecular complexity index is 1280. The number of benzene rings is 2. The third-order valence-electron chi connectivity index (χ3n) is 6.14. The van der Waals surface area contributed by atoms with E-state index < -0.39 is 0 Å². The molecule has 3 heterocycles. The van der Waals surface area contributed by atoms with Crippen molar-refractivity contribution >= 4 is 5.65 Å². The molecule has 4 aromatic rings. The van der Waals surface area contributed by atoms with Crippen LogP contribution in [0.25, 0.3) is 5.65 Å². The van der Waals surface area contributed by atoms with Gasteiger partial charge in [-0.3, -0.25) is 0 Å². The molecule has 34 heavy (non-hydrogen) atoms. The van der Waals surface area contributed by atoms with Crippen LogP contribution in [0.1, 0.15) is 29.7 Å². The first-order valence-corrected chi connectivity index (χ1v) is 11.3. The van der Waals surface area contributed by atoms with Gasteiger partial charge in [0.15, 0.2) is 0 Å². The van der Waals surface area contributed by atoms with Crippen molar-refractivity contribution in [2.24, 2.45) is 0 Å². The molecule has 8 nitrogen and oxygen atoms in total. The number of hydrogen-bond acceptors (Lipinski definition) is 7. The second-order valence-corrected chi connectivity index (χ2v) is 8.46. The number of imidazole rings is 1. The fourth-order valence-electron chi connectivity index (χ4n) is 4.20. The van der Waals surface area contributed by atoms with Gasteiger partial charge < -0.3 is 19.5 Å². The quantitative estimate of drug-likeness (QED) is 0.427. The molecular formula is C25H26FN5O3. The fraction of sp³-hybridized carbons (Fsp3) is 0.320. The Labute approximate surface area is 196 Å². The Balaban J connectivity index is 1.39. The van der Waals surface area contributed by atoms with Crippen molar-refractivity contribution in [3.63, 3.8) is 0 Å². The highest BCUT2D eigenvalue weighted by Crippen LogP contribution is 2.27. The van der Waals surface area contributed by atoms with Crippen molar-refractivity contribution in [2.75, 3.05) is 20.2 Å². The number of aromatic nitrogens is 4. The number of halogens is 1. The number of aromatic hydroxyl groups is 1. The van der Waals surface area contributed by atoms with Crippen LogP contribution in [-0.4, -0.2) is 55.8 Å². The number of rotatable bonds is 8. The molecule has 5 rings (SSSR count). The van der Waals surface area contributed by atoms with Crippen molar-refractivity contribution in [2.45, 2.75) is 31.9 Å². The third-order valence-corrected chi connectivity index (χ3v) is 6.14. The molecule has 1 N–H and O–H groups in total. The molecule has 0 radical (unpaired) electrons. The highest BCUT2D eigenvalue weighted by atomic mass is 19.1. The van der Waals surface area contributed by atoms with E-state index >= 15 is 0 Å². The fourth-order valence-corrected chi connectivity index (χ4v) is 4.20. The van der Waals surface area contributed by atoms with E-state index in [-0.39, 0.29) is 35.8 Å². The summed E-state index contributed by atoms with van der Waals surface area (Å²) in [7, 11) is 2.06. The maximum Gasteiger partial charge on any atom is 0.337 e. The average Bonchev–Trinajstić information content (AvgIpc) is 3.45. The van der Waals surface area contributed by atoms with Crippen LogP contribution in [0.4, 0.5) is 4.39 Å². The zero-order valence-electron chi connectivity index (χ0n) is 18.9. The Morgan fingerprint density at radius 3 is 2.76 bits per heavy atom. The molecular weight excluding hydrogens is 437 g/mol. The highest BCUT2D eigenvalue weighted by molar-refractivity contribution is 5.50. The third kappa shape index (κ3) is 4.65. The van der Waals surface area contributed by atoms with Crippen LogP contribution in [0.15, 0.2) is 54.7 Å². The molecule has 9 heteroatoms. The minimum atomic E-state index is -0.389. The van der Waals surface area contributed by atoms with Crippen molar-refractivity contribution in [1.82, 2.24) is 24.5 Å². The van der Waals surface area contributed by atoms with Gasteiger partial charge in [0, 0.05) is 18.0 Å². The molecule has 1 saturated heterocycles. The van der Waals surface area contributed by atoms with E-state index in [9.17, 15) is 9.50 Å². The minimum Gasteiger partial charge on any atom is -0.490 e. The summed E-state index contributed by atoms with van der Waals surface area (Å²) in [6, 6.07) is 14.8. The SMILES string of the molecule is CN1CCC[C@H]1COc1nc(O)c2ncc(Cc3c(F)cccc3OCc3ccccc3)n2n1. The zero-order chi connectivity index (χ0) is 23.5. The van der Waals surface area contributed by atoms with E-state index in [4.69, 9.17) is 9.47 Å². The number of nitrogens with zero attached hydrogens (tertiary/aromatic N) is 5. The standard InChI is InChI=1S/C25H26FN5O3/c1-30-12-6-9-18(30)16-34-25-28-24(32)23-27-14-19(31(23)29-25)13-20-21(26)10-5-11-22(20)33-15-17-7-3-2-4-8-17/h2-5,7-8,10-11,14,18H,6,9,12-13,15-16H2,1H3,(H,28,29,32)/t18-/m0/s1. The van der Waals surface area contributed by atoms with Gasteiger partial charge in [-0.1, -0.05) is 36.4 Å². The zero-order valence-corrected chi connectivity index (χ0v) is 18.9. The van der Waals surface area contributed by atoms with E-state index in [0.717, 1.165) is 24.9 Å². The lowest BCUT2D eigenvalue weighted by atomic mass is 10.1. The average molecular weight is 464 g/mol. The summed E-state index contributed by atoms with van der Waals surface area (Å²) in [6.07, 6.45) is 3.88. The normalized spacial score (nSPS) is 16.2. The summed E-state index contributed by atoms with van der Waals surface area (Å²) in [5, 5.41) is 14.8. The minimum absolute atomic E-state index is 0.0543. The smallest absolute Gasteiger partial charge is 0.337 e. The van der Waals surface area contributed by atoms with Gasteiger partial charge in [-0.05, 0) is 44.1 Å². The molecule has 0 spiro atoms. The lowest BCUT2D eigenvalue weighted by molar-refractivity contribution is 0.184. The molecule has 1 aliphatic heterocycles. The van der Waals surface area contributed by atoms with Gasteiger partial charge in [-0.25, -0.2) is 13.9 Å². The van der Waals surface area contributed by atoms with Crippen LogP contribution >= 0.6 is 0 Å². The first kappa shape index (κ1) is 22.1. The van der Waals surface area contributed by atoms with Crippen molar-refractivity contribution in [3.8, 4) is 17.6 Å². The molecule has 2 aromatic heterocycles. The van der Waals surface area contributed by atoms with Crippen LogP contribution in [0.2, 0.25) is 0 Å². The van der Waals surface area contributed by atoms with Gasteiger partial charge in [-0.15, -0.1) is 5.10 Å². The predicted molar refractivity (Wildman–Crippen MR) is 124 cm³/mol. The van der Waals surface area contributed by atoms with Gasteiger partial charge in [0.1, 0.15) is 24.8 Å². The Hall–Kier alpha value is -3.72. The van der Waals surface area contributed by atoms with Gasteiger partial charge >= 0.3 is 6.01 Å². The summed E-state index contributed by atoms with van der Waals surface area (Å²) < 4.78 is 28.0. The van der Waals surface area contributed by atoms with Crippen molar-refractivity contribution in [3.05, 3.63) is 77.4 Å². The first-order valence-electron chi connectivity index (χ1n) is 11.3. The molecule has 0 bridgehead atoms. The van der Waals surface area contributed by atoms with Gasteiger partial charge in [0.05, 0.1) is 11.9 Å². The Morgan fingerprint density at radius 2 is 1.97 bits per heavy atom. The predicted octanol–water partition coefficient (Wildman–Crippen LogP) is 3.61. The molecule has 0 unspecified atom stereocenters. The molecule has 2 aromatic carbocycles. The molecule has 1 fully saturated rings. The number of likely N-dealkylation sites (N-methyl/N-ethyl adjacent to an activating group) is 1. The second-order valence-electron chi connectivity index (χ2n) is 8.46. The highest BCUT2D eigenvalue weighted by Gasteiger charge is 2.23. The summed E-state index contributed by atoms with van der Waals surface area (Å²) in [5.41, 5.74) is 2.13. The van der Waals surface area contributed by atoms with Crippen LogP contribution in [0.3, 0.4) is 0 Å². The van der Waals surface area contributed by atoms with E-state index in [1.165, 1.54) is 10.6 Å². The largest absolute Gasteiger partial charge is 0.490 e. The van der Waals surface area contributed by atoms with Crippen LogP contribution in [-0.2, 0) is 13.0 Å². The van der Waals surface area contributed by atoms with Crippen molar-refractivity contribution in [1.29, 1.82) is 0 Å². The maximum absolute atomic E-state index is 14.8. The maximum atomic E-state index is 14.8. The van der Waals surface area contributed by atoms with Gasteiger partial charge in [0.2, 0.25) is 5.65 Å². The Morgan fingerprint density at radius 1 is 1.12 bits per heavy atom. The molecule has 1 atom stereocenters. The number of ether oxygens (including phenoxy) is 2. The summed E-state index contributed by atoms with van der Waals surface area (Å²) in [4.78, 5) is 10.5. The van der Waals surface area contributed by atoms with Gasteiger partial charge in [-0.2, -0.15) is 4.98 Å². The Kier molecular flexibility index (Phi) is 6.27. The summed E-state index contributed by atoms with van der Waals surface area (Å²) in [5.74, 6) is -0.234. The van der Waals surface area contributed by atoms with E-state index in [1.807, 2.05) is 30.3 Å². The van der Waals surface area contributed by atoms with E-state index in [0.29, 0.717) is 30.2 Å². The molecule has 0 aliphatic carbocycles. The summed E-state index contributed by atoms with van der Waals surface area (Å²) in [6.45, 7) is 1.78. The van der Waals surface area contributed by atoms with Gasteiger partial charge in [0.25, 0.3) is 5.88 Å². The molecule has 0 saturated carbocycles. The van der Waals surface area contributed by atoms with Crippen LogP contribution < -0.4 is 9.47 Å². The van der Waals surface area contributed by atoms with Crippen LogP contribution in [0, 0.1) is 5.82 Å². The molecule has 176 valence electrons. The van der Waals surface area contributed by atoms with E-state index in [1.54, 1.807) is 18.3 Å². The number of hydrogen-bond donors (Lipinski definition) is 1.